The van der Waals surface area contributed by atoms with Crippen LogP contribution in [-0.4, -0.2) is 11.0 Å². The first-order chi connectivity index (χ1) is 5.77. The molecule has 0 saturated heterocycles. The zero-order valence-electron chi connectivity index (χ0n) is 7.28. The topological polar surface area (TPSA) is 49.3 Å². The Morgan fingerprint density at radius 2 is 1.92 bits per heavy atom. The molecule has 0 radical (unpaired) electrons. The van der Waals surface area contributed by atoms with E-state index in [4.69, 9.17) is 5.21 Å². The van der Waals surface area contributed by atoms with Crippen LogP contribution in [0.1, 0.15) is 23.7 Å². The van der Waals surface area contributed by atoms with E-state index in [2.05, 4.69) is 0 Å². The lowest BCUT2D eigenvalue weighted by atomic mass is 10.1. The number of rotatable bonds is 3. The second-order valence-electron chi connectivity index (χ2n) is 2.47. The number of nitrogens with one attached hydrogen (secondary N) is 1. The fourth-order valence-electron chi connectivity index (χ4n) is 0.935. The fourth-order valence-corrected chi connectivity index (χ4v) is 0.935. The summed E-state index contributed by atoms with van der Waals surface area (Å²) in [4.78, 5) is 11.1. The molecule has 1 rings (SSSR count). The van der Waals surface area contributed by atoms with E-state index in [0.29, 0.717) is 17.7 Å². The van der Waals surface area contributed by atoms with Crippen molar-refractivity contribution in [2.75, 3.05) is 5.48 Å². The highest BCUT2D eigenvalue weighted by molar-refractivity contribution is 5.96. The summed E-state index contributed by atoms with van der Waals surface area (Å²) in [5.74, 6) is 0.111. The molecule has 0 aliphatic heterocycles. The third-order valence-corrected chi connectivity index (χ3v) is 1.66. The highest BCUT2D eigenvalue weighted by Crippen LogP contribution is 2.09. The van der Waals surface area contributed by atoms with Gasteiger partial charge >= 0.3 is 0 Å². The Bertz CT molecular complexity index is 271. The van der Waals surface area contributed by atoms with Gasteiger partial charge in [-0.2, -0.15) is 0 Å². The maximum absolute atomic E-state index is 11.1. The second kappa shape index (κ2) is 5.56. The molecule has 0 aromatic heterocycles. The molecule has 1 aromatic rings. The molecule has 0 saturated carbocycles. The molecular weight excluding hydrogens is 190 g/mol. The van der Waals surface area contributed by atoms with Gasteiger partial charge in [0.1, 0.15) is 0 Å². The molecule has 0 unspecified atom stereocenters. The molecule has 13 heavy (non-hydrogen) atoms. The fraction of sp³-hybridized carbons (Fsp3) is 0.222. The standard InChI is InChI=1S/C9H11NO2.ClH/c1-2-9(11)7-3-5-8(10-12)6-4-7;/h3-6,10,12H,2H2,1H3;1H. The highest BCUT2D eigenvalue weighted by atomic mass is 35.5. The van der Waals surface area contributed by atoms with E-state index in [9.17, 15) is 4.79 Å². The largest absolute Gasteiger partial charge is 0.294 e. The predicted molar refractivity (Wildman–Crippen MR) is 53.7 cm³/mol. The van der Waals surface area contributed by atoms with Gasteiger partial charge in [-0.05, 0) is 24.3 Å². The van der Waals surface area contributed by atoms with Crippen molar-refractivity contribution in [3.05, 3.63) is 29.8 Å². The van der Waals surface area contributed by atoms with Crippen LogP contribution in [0, 0.1) is 0 Å². The number of anilines is 1. The van der Waals surface area contributed by atoms with Crippen molar-refractivity contribution in [1.82, 2.24) is 0 Å². The first kappa shape index (κ1) is 11.9. The third kappa shape index (κ3) is 3.05. The van der Waals surface area contributed by atoms with Crippen molar-refractivity contribution in [3.8, 4) is 0 Å². The summed E-state index contributed by atoms with van der Waals surface area (Å²) < 4.78 is 0. The first-order valence-electron chi connectivity index (χ1n) is 3.81. The molecule has 72 valence electrons. The van der Waals surface area contributed by atoms with Gasteiger partial charge in [-0.3, -0.25) is 15.5 Å². The Balaban J connectivity index is 0.00000144. The minimum absolute atomic E-state index is 0. The average Bonchev–Trinajstić information content (AvgIpc) is 2.17. The number of Topliss-reactive ketones (excluding diaryl/α,β-unsaturated/α-hetero) is 1. The van der Waals surface area contributed by atoms with Crippen LogP contribution < -0.4 is 5.48 Å². The van der Waals surface area contributed by atoms with Gasteiger partial charge in [0.2, 0.25) is 0 Å². The molecule has 3 nitrogen and oxygen atoms in total. The quantitative estimate of drug-likeness (QED) is 0.584. The number of carbonyl (C=O) groups is 1. The van der Waals surface area contributed by atoms with E-state index in [1.54, 1.807) is 24.3 Å². The molecule has 0 atom stereocenters. The maximum Gasteiger partial charge on any atom is 0.162 e. The number of carbonyl (C=O) groups excluding carboxylic acids is 1. The van der Waals surface area contributed by atoms with E-state index >= 15 is 0 Å². The maximum atomic E-state index is 11.1. The van der Waals surface area contributed by atoms with Gasteiger partial charge in [0.25, 0.3) is 0 Å². The smallest absolute Gasteiger partial charge is 0.162 e. The molecule has 0 spiro atoms. The lowest BCUT2D eigenvalue weighted by molar-refractivity contribution is 0.0988. The van der Waals surface area contributed by atoms with E-state index < -0.39 is 0 Å². The molecule has 0 bridgehead atoms. The molecule has 0 amide bonds. The molecule has 0 heterocycles. The lowest BCUT2D eigenvalue weighted by Gasteiger charge is -1.99. The van der Waals surface area contributed by atoms with E-state index in [1.807, 2.05) is 12.4 Å². The van der Waals surface area contributed by atoms with Crippen LogP contribution >= 0.6 is 12.4 Å². The number of hydrogen-bond acceptors (Lipinski definition) is 3. The summed E-state index contributed by atoms with van der Waals surface area (Å²) in [6.45, 7) is 1.82. The second-order valence-corrected chi connectivity index (χ2v) is 2.47. The summed E-state index contributed by atoms with van der Waals surface area (Å²) in [5, 5.41) is 8.49. The summed E-state index contributed by atoms with van der Waals surface area (Å²) >= 11 is 0. The van der Waals surface area contributed by atoms with Gasteiger partial charge in [-0.15, -0.1) is 12.4 Å². The Hall–Kier alpha value is -1.06. The monoisotopic (exact) mass is 201 g/mol. The Morgan fingerprint density at radius 3 is 2.31 bits per heavy atom. The van der Waals surface area contributed by atoms with Crippen LogP contribution in [0.4, 0.5) is 5.69 Å². The van der Waals surface area contributed by atoms with E-state index in [-0.39, 0.29) is 18.2 Å². The molecule has 0 aliphatic rings. The van der Waals surface area contributed by atoms with E-state index in [0.717, 1.165) is 0 Å². The third-order valence-electron chi connectivity index (χ3n) is 1.66. The molecular formula is C9H12ClNO2. The number of hydrogen-bond donors (Lipinski definition) is 2. The first-order valence-corrected chi connectivity index (χ1v) is 3.81. The van der Waals surface area contributed by atoms with Gasteiger partial charge in [-0.25, -0.2) is 0 Å². The van der Waals surface area contributed by atoms with Gasteiger partial charge in [0.05, 0.1) is 5.69 Å². The number of halogens is 1. The van der Waals surface area contributed by atoms with Gasteiger partial charge < -0.3 is 0 Å². The molecule has 1 aromatic carbocycles. The molecule has 4 heteroatoms. The van der Waals surface area contributed by atoms with Crippen LogP contribution in [0.3, 0.4) is 0 Å². The Morgan fingerprint density at radius 1 is 1.38 bits per heavy atom. The van der Waals surface area contributed by atoms with Gasteiger partial charge in [-0.1, -0.05) is 6.92 Å². The Kier molecular flexibility index (Phi) is 5.11. The minimum Gasteiger partial charge on any atom is -0.294 e. The van der Waals surface area contributed by atoms with Crippen LogP contribution in [0.15, 0.2) is 24.3 Å². The molecule has 2 N–H and O–H groups in total. The SMILES string of the molecule is CCC(=O)c1ccc(NO)cc1.Cl. The van der Waals surface area contributed by atoms with Crippen LogP contribution in [-0.2, 0) is 0 Å². The van der Waals surface area contributed by atoms with Crippen LogP contribution in [0.25, 0.3) is 0 Å². The normalized spacial score (nSPS) is 8.77. The van der Waals surface area contributed by atoms with Crippen molar-refractivity contribution < 1.29 is 10.0 Å². The summed E-state index contributed by atoms with van der Waals surface area (Å²) in [6, 6.07) is 6.68. The molecule has 0 fully saturated rings. The van der Waals surface area contributed by atoms with Crippen molar-refractivity contribution in [2.24, 2.45) is 0 Å². The van der Waals surface area contributed by atoms with Crippen molar-refractivity contribution in [2.45, 2.75) is 13.3 Å². The van der Waals surface area contributed by atoms with Crippen LogP contribution in [0.5, 0.6) is 0 Å². The highest BCUT2D eigenvalue weighted by Gasteiger charge is 2.01. The predicted octanol–water partition coefficient (Wildman–Crippen LogP) is 2.50. The van der Waals surface area contributed by atoms with Gasteiger partial charge in [0, 0.05) is 12.0 Å². The summed E-state index contributed by atoms with van der Waals surface area (Å²) in [6.07, 6.45) is 0.506. The zero-order chi connectivity index (χ0) is 8.97. The molecule has 0 aliphatic carbocycles. The van der Waals surface area contributed by atoms with E-state index in [1.165, 1.54) is 0 Å². The summed E-state index contributed by atoms with van der Waals surface area (Å²) in [7, 11) is 0. The van der Waals surface area contributed by atoms with Crippen molar-refractivity contribution in [3.63, 3.8) is 0 Å². The van der Waals surface area contributed by atoms with Crippen LogP contribution in [0.2, 0.25) is 0 Å². The number of ketones is 1. The van der Waals surface area contributed by atoms with Gasteiger partial charge in [0.15, 0.2) is 5.78 Å². The Labute approximate surface area is 83.1 Å². The van der Waals surface area contributed by atoms with Crippen molar-refractivity contribution >= 4 is 23.9 Å². The zero-order valence-corrected chi connectivity index (χ0v) is 8.10. The van der Waals surface area contributed by atoms with Crippen molar-refractivity contribution in [1.29, 1.82) is 0 Å². The number of benzene rings is 1. The lowest BCUT2D eigenvalue weighted by Crippen LogP contribution is -1.96. The average molecular weight is 202 g/mol. The summed E-state index contributed by atoms with van der Waals surface area (Å²) in [5.41, 5.74) is 3.26. The minimum atomic E-state index is 0.